The third-order valence-corrected chi connectivity index (χ3v) is 0.892. The maximum absolute atomic E-state index is 9.88. The molecule has 1 aromatic carbocycles. The molecule has 0 aliphatic carbocycles. The Balaban J connectivity index is 0.000000640. The zero-order valence-electron chi connectivity index (χ0n) is 4.70. The minimum Gasteiger partial charge on any atom is -0.376 e. The molecule has 0 unspecified atom stereocenters. The van der Waals surface area contributed by atoms with Crippen LogP contribution in [0.4, 0.5) is 0 Å². The molecule has 0 aliphatic heterocycles. The molecule has 1 rings (SSSR count). The molecule has 0 amide bonds. The molecule has 0 aliphatic rings. The van der Waals surface area contributed by atoms with E-state index in [4.69, 9.17) is 0 Å². The predicted octanol–water partition coefficient (Wildman–Crippen LogP) is 1.14. The second-order valence-corrected chi connectivity index (χ2v) is 1.47. The van der Waals surface area contributed by atoms with Crippen molar-refractivity contribution < 1.29 is 45.2 Å². The number of benzene rings is 1. The second kappa shape index (κ2) is 5.05. The third kappa shape index (κ3) is 3.05. The van der Waals surface area contributed by atoms with Crippen LogP contribution in [-0.4, -0.2) is 6.29 Å². The van der Waals surface area contributed by atoms with Crippen molar-refractivity contribution in [2.24, 2.45) is 0 Å². The van der Waals surface area contributed by atoms with Crippen molar-refractivity contribution in [3.8, 4) is 0 Å². The Morgan fingerprint density at radius 1 is 1.11 bits per heavy atom. The second-order valence-electron chi connectivity index (χ2n) is 1.47. The van der Waals surface area contributed by atoms with Crippen molar-refractivity contribution in [2.45, 2.75) is 0 Å². The van der Waals surface area contributed by atoms with Crippen molar-refractivity contribution in [3.05, 3.63) is 35.9 Å². The summed E-state index contributed by atoms with van der Waals surface area (Å²) >= 11 is 0. The maximum atomic E-state index is 9.88. The molecule has 0 atom stereocenters. The Morgan fingerprint density at radius 3 is 2.00 bits per heavy atom. The standard InChI is InChI=1S/C7H5O.Sm/c8-6-7-4-2-1-3-5-7;/h1-5H;/q-1;. The molecule has 0 spiro atoms. The van der Waals surface area contributed by atoms with Gasteiger partial charge >= 0.3 is 0 Å². The molecule has 9 heavy (non-hydrogen) atoms. The summed E-state index contributed by atoms with van der Waals surface area (Å²) in [6, 6.07) is 8.90. The number of carbonyl (C=O) groups excluding carboxylic acids is 1. The quantitative estimate of drug-likeness (QED) is 0.688. The number of hydrogen-bond donors (Lipinski definition) is 0. The van der Waals surface area contributed by atoms with Crippen LogP contribution in [0.2, 0.25) is 0 Å². The van der Waals surface area contributed by atoms with Crippen LogP contribution < -0.4 is 0 Å². The summed E-state index contributed by atoms with van der Waals surface area (Å²) in [5.74, 6) is 0. The van der Waals surface area contributed by atoms with E-state index >= 15 is 0 Å². The number of hydrogen-bond acceptors (Lipinski definition) is 1. The van der Waals surface area contributed by atoms with E-state index in [9.17, 15) is 4.79 Å². The minimum atomic E-state index is 0. The Hall–Kier alpha value is 0.228. The summed E-state index contributed by atoms with van der Waals surface area (Å²) in [6.07, 6.45) is 1.78. The minimum absolute atomic E-state index is 0. The molecular weight excluding hydrogens is 250 g/mol. The SMILES string of the molecule is O=[C-]c1ccccc1.[Sm]. The molecule has 0 radical (unpaired) electrons. The van der Waals surface area contributed by atoms with Crippen molar-refractivity contribution in [1.82, 2.24) is 0 Å². The van der Waals surface area contributed by atoms with Gasteiger partial charge in [-0.2, -0.15) is 17.7 Å². The van der Waals surface area contributed by atoms with Crippen LogP contribution >= 0.6 is 0 Å². The van der Waals surface area contributed by atoms with E-state index in [1.807, 2.05) is 6.07 Å². The van der Waals surface area contributed by atoms with E-state index in [0.29, 0.717) is 5.56 Å². The molecule has 46 valence electrons. The van der Waals surface area contributed by atoms with Gasteiger partial charge in [0.05, 0.1) is 6.29 Å². The van der Waals surface area contributed by atoms with Crippen molar-refractivity contribution in [2.75, 3.05) is 0 Å². The molecule has 1 aromatic rings. The molecule has 0 saturated heterocycles. The van der Waals surface area contributed by atoms with Gasteiger partial charge in [0, 0.05) is 40.4 Å². The monoisotopic (exact) mass is 257 g/mol. The van der Waals surface area contributed by atoms with Crippen LogP contribution in [-0.2, 0) is 4.79 Å². The van der Waals surface area contributed by atoms with Crippen LogP contribution in [0, 0.1) is 40.4 Å². The summed E-state index contributed by atoms with van der Waals surface area (Å²) in [6.45, 7) is 0. The fraction of sp³-hybridized carbons (Fsp3) is 0. The number of rotatable bonds is 1. The zero-order valence-corrected chi connectivity index (χ0v) is 7.32. The first-order valence-electron chi connectivity index (χ1n) is 2.36. The molecule has 0 N–H and O–H groups in total. The molecular formula is C7H5OSm-. The molecule has 0 fully saturated rings. The third-order valence-electron chi connectivity index (χ3n) is 0.892. The first kappa shape index (κ1) is 9.23. The Bertz CT molecular complexity index is 172. The van der Waals surface area contributed by atoms with Crippen molar-refractivity contribution in [1.29, 1.82) is 0 Å². The first-order chi connectivity index (χ1) is 3.93. The van der Waals surface area contributed by atoms with Gasteiger partial charge in [-0.1, -0.05) is 6.07 Å². The van der Waals surface area contributed by atoms with E-state index < -0.39 is 0 Å². The van der Waals surface area contributed by atoms with E-state index in [1.165, 1.54) is 0 Å². The van der Waals surface area contributed by atoms with E-state index in [-0.39, 0.29) is 40.4 Å². The first-order valence-corrected chi connectivity index (χ1v) is 2.36. The van der Waals surface area contributed by atoms with Gasteiger partial charge in [0.25, 0.3) is 0 Å². The van der Waals surface area contributed by atoms with Crippen molar-refractivity contribution >= 4 is 6.29 Å². The van der Waals surface area contributed by atoms with Gasteiger partial charge in [-0.15, -0.1) is 12.1 Å². The van der Waals surface area contributed by atoms with Crippen LogP contribution in [0.25, 0.3) is 0 Å². The van der Waals surface area contributed by atoms with Gasteiger partial charge in [0.15, 0.2) is 0 Å². The van der Waals surface area contributed by atoms with Gasteiger partial charge in [0.1, 0.15) is 0 Å². The summed E-state index contributed by atoms with van der Waals surface area (Å²) < 4.78 is 0. The average Bonchev–Trinajstić information content (AvgIpc) is 1.90. The van der Waals surface area contributed by atoms with Gasteiger partial charge < -0.3 is 4.79 Å². The van der Waals surface area contributed by atoms with Gasteiger partial charge in [-0.05, 0) is 0 Å². The van der Waals surface area contributed by atoms with Gasteiger partial charge in [-0.25, -0.2) is 0 Å². The van der Waals surface area contributed by atoms with Crippen LogP contribution in [0.1, 0.15) is 5.56 Å². The molecule has 0 heterocycles. The average molecular weight is 255 g/mol. The summed E-state index contributed by atoms with van der Waals surface area (Å²) in [4.78, 5) is 9.88. The fourth-order valence-electron chi connectivity index (χ4n) is 0.506. The predicted molar refractivity (Wildman–Crippen MR) is 31.2 cm³/mol. The summed E-state index contributed by atoms with van der Waals surface area (Å²) in [5, 5.41) is 0. The normalized spacial score (nSPS) is 7.56. The summed E-state index contributed by atoms with van der Waals surface area (Å²) in [7, 11) is 0. The van der Waals surface area contributed by atoms with E-state index in [0.717, 1.165) is 0 Å². The molecule has 1 nitrogen and oxygen atoms in total. The Morgan fingerprint density at radius 2 is 1.67 bits per heavy atom. The smallest absolute Gasteiger partial charge is 0.0627 e. The van der Waals surface area contributed by atoms with Crippen LogP contribution in [0.5, 0.6) is 0 Å². The molecule has 2 heteroatoms. The van der Waals surface area contributed by atoms with E-state index in [2.05, 4.69) is 0 Å². The molecule has 0 saturated carbocycles. The van der Waals surface area contributed by atoms with Crippen LogP contribution in [0.3, 0.4) is 0 Å². The van der Waals surface area contributed by atoms with Crippen LogP contribution in [0.15, 0.2) is 30.3 Å². The van der Waals surface area contributed by atoms with Gasteiger partial charge in [-0.3, -0.25) is 0 Å². The van der Waals surface area contributed by atoms with E-state index in [1.54, 1.807) is 30.6 Å². The largest absolute Gasteiger partial charge is 0.376 e. The van der Waals surface area contributed by atoms with Gasteiger partial charge in [0.2, 0.25) is 0 Å². The Labute approximate surface area is 86.6 Å². The van der Waals surface area contributed by atoms with Crippen molar-refractivity contribution in [3.63, 3.8) is 0 Å². The maximum Gasteiger partial charge on any atom is 0.0627 e. The molecule has 0 bridgehead atoms. The Kier molecular flexibility index (Phi) is 5.18. The fourth-order valence-corrected chi connectivity index (χ4v) is 0.506. The summed E-state index contributed by atoms with van der Waals surface area (Å²) in [5.41, 5.74) is 0.604. The molecule has 0 aromatic heterocycles. The zero-order chi connectivity index (χ0) is 5.82. The topological polar surface area (TPSA) is 17.1 Å².